The highest BCUT2D eigenvalue weighted by atomic mass is 35.5. The summed E-state index contributed by atoms with van der Waals surface area (Å²) in [5, 5.41) is 14.5. The van der Waals surface area contributed by atoms with Gasteiger partial charge in [-0.15, -0.1) is 11.3 Å². The quantitative estimate of drug-likeness (QED) is 0.201. The van der Waals surface area contributed by atoms with E-state index in [0.717, 1.165) is 16.8 Å². The third kappa shape index (κ3) is 6.04. The zero-order valence-corrected chi connectivity index (χ0v) is 23.5. The van der Waals surface area contributed by atoms with Gasteiger partial charge in [-0.3, -0.25) is 10.1 Å². The number of amides is 1. The number of nitrogens with one attached hydrogen (secondary N) is 1. The maximum absolute atomic E-state index is 12.9. The molecule has 1 saturated carbocycles. The fourth-order valence-electron chi connectivity index (χ4n) is 4.89. The molecule has 200 valence electrons. The van der Waals surface area contributed by atoms with Crippen molar-refractivity contribution in [2.24, 2.45) is 5.92 Å². The van der Waals surface area contributed by atoms with E-state index in [1.165, 1.54) is 67.9 Å². The number of hydrogen-bond donors (Lipinski definition) is 2. The largest absolute Gasteiger partial charge is 0.490 e. The van der Waals surface area contributed by atoms with Crippen molar-refractivity contribution >= 4 is 57.6 Å². The minimum Gasteiger partial charge on any atom is -0.490 e. The number of carboxylic acids is 1. The average molecular weight is 576 g/mol. The van der Waals surface area contributed by atoms with Crippen LogP contribution in [0.4, 0.5) is 5.13 Å². The average Bonchev–Trinajstić information content (AvgIpc) is 3.58. The maximum atomic E-state index is 12.9. The molecule has 0 aliphatic heterocycles. The highest BCUT2D eigenvalue weighted by Crippen LogP contribution is 2.41. The van der Waals surface area contributed by atoms with Crippen molar-refractivity contribution in [2.75, 3.05) is 19.5 Å². The van der Waals surface area contributed by atoms with Gasteiger partial charge in [0.05, 0.1) is 29.0 Å². The van der Waals surface area contributed by atoms with E-state index in [1.54, 1.807) is 7.11 Å². The number of thiazole rings is 1. The molecular formula is C28H28Cl2N2O5S. The Hall–Kier alpha value is -2.91. The first-order valence-electron chi connectivity index (χ1n) is 12.1. The van der Waals surface area contributed by atoms with Gasteiger partial charge in [0.25, 0.3) is 5.91 Å². The molecule has 0 saturated heterocycles. The fourth-order valence-corrected chi connectivity index (χ4v) is 6.19. The number of methoxy groups -OCH3 is 2. The first-order valence-corrected chi connectivity index (χ1v) is 13.7. The molecule has 1 aromatic heterocycles. The molecule has 2 N–H and O–H groups in total. The lowest BCUT2D eigenvalue weighted by Gasteiger charge is -2.25. The number of carbonyl (C=O) groups excluding carboxylic acids is 1. The molecule has 38 heavy (non-hydrogen) atoms. The summed E-state index contributed by atoms with van der Waals surface area (Å²) in [4.78, 5) is 28.8. The Bertz CT molecular complexity index is 1360. The Morgan fingerprint density at radius 3 is 2.47 bits per heavy atom. The topological polar surface area (TPSA) is 97.8 Å². The minimum absolute atomic E-state index is 0.0537. The van der Waals surface area contributed by atoms with Gasteiger partial charge in [0, 0.05) is 29.2 Å². The van der Waals surface area contributed by atoms with Gasteiger partial charge in [-0.25, -0.2) is 9.78 Å². The van der Waals surface area contributed by atoms with Crippen LogP contribution in [0.1, 0.15) is 58.8 Å². The van der Waals surface area contributed by atoms with Crippen molar-refractivity contribution in [3.8, 4) is 11.3 Å². The number of rotatable bonds is 9. The fraction of sp³-hybridized carbons (Fsp3) is 0.321. The Morgan fingerprint density at radius 1 is 1.18 bits per heavy atom. The minimum atomic E-state index is -1.27. The van der Waals surface area contributed by atoms with Crippen molar-refractivity contribution < 1.29 is 24.2 Å². The standard InChI is InChI=1S/C28H28Cl2N2O5S/c1-15-18(9-6-10-19(15)25(37-3)16-7-4-5-8-16)23-14-38-28(31-23)32-26(33)17-11-21(29)20(22(30)12-17)13-24(36-2)27(34)35/h6,9-14,16,25H,4-5,7-8H2,1-3H3,(H,34,35)(H,31,32,33). The van der Waals surface area contributed by atoms with Crippen LogP contribution in [0.25, 0.3) is 17.3 Å². The van der Waals surface area contributed by atoms with E-state index in [1.807, 2.05) is 17.5 Å². The molecule has 1 aliphatic rings. The summed E-state index contributed by atoms with van der Waals surface area (Å²) in [6.07, 6.45) is 6.09. The summed E-state index contributed by atoms with van der Waals surface area (Å²) in [6.45, 7) is 2.09. The van der Waals surface area contributed by atoms with Gasteiger partial charge in [-0.1, -0.05) is 54.2 Å². The van der Waals surface area contributed by atoms with Crippen LogP contribution in [0.15, 0.2) is 41.5 Å². The molecule has 7 nitrogen and oxygen atoms in total. The van der Waals surface area contributed by atoms with Crippen LogP contribution < -0.4 is 5.32 Å². The molecule has 0 spiro atoms. The van der Waals surface area contributed by atoms with E-state index >= 15 is 0 Å². The molecular weight excluding hydrogens is 547 g/mol. The van der Waals surface area contributed by atoms with Crippen LogP contribution in [-0.4, -0.2) is 36.2 Å². The molecule has 4 rings (SSSR count). The monoisotopic (exact) mass is 574 g/mol. The predicted octanol–water partition coefficient (Wildman–Crippen LogP) is 7.63. The number of anilines is 1. The number of benzene rings is 2. The summed E-state index contributed by atoms with van der Waals surface area (Å²) in [6, 6.07) is 9.01. The molecule has 0 bridgehead atoms. The smallest absolute Gasteiger partial charge is 0.371 e. The normalized spacial score (nSPS) is 14.9. The van der Waals surface area contributed by atoms with E-state index in [0.29, 0.717) is 11.0 Å². The van der Waals surface area contributed by atoms with Gasteiger partial charge in [-0.05, 0) is 55.0 Å². The first-order chi connectivity index (χ1) is 18.2. The molecule has 1 fully saturated rings. The zero-order chi connectivity index (χ0) is 27.4. The van der Waals surface area contributed by atoms with Crippen LogP contribution in [-0.2, 0) is 14.3 Å². The third-order valence-electron chi connectivity index (χ3n) is 6.81. The highest BCUT2D eigenvalue weighted by Gasteiger charge is 2.28. The van der Waals surface area contributed by atoms with E-state index in [2.05, 4.69) is 23.3 Å². The second-order valence-corrected chi connectivity index (χ2v) is 10.8. The molecule has 1 atom stereocenters. The number of aromatic nitrogens is 1. The number of nitrogens with zero attached hydrogens (tertiary/aromatic N) is 1. The Balaban J connectivity index is 1.55. The van der Waals surface area contributed by atoms with Crippen LogP contribution in [0.2, 0.25) is 10.0 Å². The molecule has 1 heterocycles. The SMILES string of the molecule is COC(=Cc1c(Cl)cc(C(=O)Nc2nc(-c3cccc(C(OC)C4CCCC4)c3C)cs2)cc1Cl)C(=O)O. The maximum Gasteiger partial charge on any atom is 0.371 e. The lowest BCUT2D eigenvalue weighted by atomic mass is 9.89. The number of carbonyl (C=O) groups is 2. The zero-order valence-electron chi connectivity index (χ0n) is 21.2. The van der Waals surface area contributed by atoms with Gasteiger partial charge in [0.1, 0.15) is 0 Å². The molecule has 0 radical (unpaired) electrons. The van der Waals surface area contributed by atoms with Gasteiger partial charge in [0.15, 0.2) is 5.13 Å². The van der Waals surface area contributed by atoms with E-state index < -0.39 is 11.9 Å². The van der Waals surface area contributed by atoms with Gasteiger partial charge < -0.3 is 14.6 Å². The Labute approximate surface area is 235 Å². The number of halogens is 2. The Kier molecular flexibility index (Phi) is 9.10. The second-order valence-electron chi connectivity index (χ2n) is 9.08. The molecule has 2 aromatic carbocycles. The van der Waals surface area contributed by atoms with Crippen LogP contribution in [0.5, 0.6) is 0 Å². The van der Waals surface area contributed by atoms with Crippen LogP contribution >= 0.6 is 34.5 Å². The summed E-state index contributed by atoms with van der Waals surface area (Å²) < 4.78 is 10.8. The molecule has 3 aromatic rings. The predicted molar refractivity (Wildman–Crippen MR) is 151 cm³/mol. The van der Waals surface area contributed by atoms with Crippen molar-refractivity contribution in [3.63, 3.8) is 0 Å². The van der Waals surface area contributed by atoms with E-state index in [-0.39, 0.29) is 33.0 Å². The van der Waals surface area contributed by atoms with Gasteiger partial charge in [0.2, 0.25) is 5.76 Å². The third-order valence-corrected chi connectivity index (χ3v) is 8.20. The highest BCUT2D eigenvalue weighted by molar-refractivity contribution is 7.14. The van der Waals surface area contributed by atoms with E-state index in [9.17, 15) is 14.7 Å². The number of hydrogen-bond acceptors (Lipinski definition) is 6. The van der Waals surface area contributed by atoms with Gasteiger partial charge in [-0.2, -0.15) is 0 Å². The number of ether oxygens (including phenoxy) is 2. The van der Waals surface area contributed by atoms with Crippen molar-refractivity contribution in [2.45, 2.75) is 38.7 Å². The van der Waals surface area contributed by atoms with Crippen LogP contribution in [0.3, 0.4) is 0 Å². The summed E-state index contributed by atoms with van der Waals surface area (Å²) in [5.41, 5.74) is 4.50. The molecule has 1 unspecified atom stereocenters. The van der Waals surface area contributed by atoms with E-state index in [4.69, 9.17) is 32.7 Å². The van der Waals surface area contributed by atoms with Crippen molar-refractivity contribution in [1.29, 1.82) is 0 Å². The molecule has 1 aliphatic carbocycles. The lowest BCUT2D eigenvalue weighted by molar-refractivity contribution is -0.135. The summed E-state index contributed by atoms with van der Waals surface area (Å²) >= 11 is 13.9. The van der Waals surface area contributed by atoms with Crippen molar-refractivity contribution in [1.82, 2.24) is 4.98 Å². The second kappa shape index (κ2) is 12.3. The van der Waals surface area contributed by atoms with Gasteiger partial charge >= 0.3 is 5.97 Å². The lowest BCUT2D eigenvalue weighted by Crippen LogP contribution is -2.13. The number of aliphatic carboxylic acids is 1. The van der Waals surface area contributed by atoms with Crippen molar-refractivity contribution in [3.05, 3.63) is 73.8 Å². The molecule has 10 heteroatoms. The number of carboxylic acid groups (broad SMARTS) is 1. The van der Waals surface area contributed by atoms with Crippen LogP contribution in [0, 0.1) is 12.8 Å². The first kappa shape index (κ1) is 28.1. The molecule has 1 amide bonds. The summed E-state index contributed by atoms with van der Waals surface area (Å²) in [7, 11) is 3.00. The summed E-state index contributed by atoms with van der Waals surface area (Å²) in [5.74, 6) is -1.52. The Morgan fingerprint density at radius 2 is 1.87 bits per heavy atom.